The summed E-state index contributed by atoms with van der Waals surface area (Å²) in [6, 6.07) is -0.637. The van der Waals surface area contributed by atoms with Gasteiger partial charge in [0.15, 0.2) is 0 Å². The molecule has 0 saturated carbocycles. The van der Waals surface area contributed by atoms with Crippen molar-refractivity contribution >= 4 is 5.91 Å². The van der Waals surface area contributed by atoms with Crippen LogP contribution in [-0.2, 0) is 4.79 Å². The number of amides is 1. The molecule has 4 nitrogen and oxygen atoms in total. The molecule has 416 valence electrons. The lowest BCUT2D eigenvalue weighted by molar-refractivity contribution is -0.123. The Morgan fingerprint density at radius 3 is 0.829 bits per heavy atom. The van der Waals surface area contributed by atoms with Gasteiger partial charge in [-0.3, -0.25) is 4.79 Å². The Hall–Kier alpha value is -1.13. The molecule has 0 radical (unpaired) electrons. The molecule has 0 aromatic heterocycles. The van der Waals surface area contributed by atoms with Crippen LogP contribution in [0.15, 0.2) is 24.3 Å². The van der Waals surface area contributed by atoms with E-state index in [1.807, 2.05) is 6.08 Å². The first kappa shape index (κ1) is 68.9. The van der Waals surface area contributed by atoms with E-state index in [4.69, 9.17) is 0 Å². The summed E-state index contributed by atoms with van der Waals surface area (Å²) in [7, 11) is 0. The standard InChI is InChI=1S/C66H129NO3/c1-3-5-7-9-11-13-15-17-19-21-23-25-26-27-28-29-30-31-32-33-34-35-36-37-38-39-40-41-42-44-46-48-50-52-54-56-58-60-62-66(70)67-64(63-68)65(69)61-59-57-55-53-51-49-47-45-43-24-22-20-18-16-14-12-10-8-6-4-2/h51,53,59,61,64-65,68-69H,3-50,52,54-58,60,62-63H2,1-2H3,(H,67,70)/b53-51+,61-59+. The third-order valence-electron chi connectivity index (χ3n) is 15.4. The smallest absolute Gasteiger partial charge is 0.220 e. The molecule has 2 unspecified atom stereocenters. The van der Waals surface area contributed by atoms with Crippen LogP contribution in [0.25, 0.3) is 0 Å². The van der Waals surface area contributed by atoms with Gasteiger partial charge in [0.1, 0.15) is 0 Å². The maximum atomic E-state index is 12.5. The Balaban J connectivity index is 3.39. The largest absolute Gasteiger partial charge is 0.394 e. The zero-order valence-corrected chi connectivity index (χ0v) is 48.1. The van der Waals surface area contributed by atoms with E-state index in [-0.39, 0.29) is 12.5 Å². The van der Waals surface area contributed by atoms with Crippen LogP contribution in [0.4, 0.5) is 0 Å². The molecule has 0 bridgehead atoms. The number of rotatable bonds is 61. The number of hydrogen-bond acceptors (Lipinski definition) is 3. The molecule has 70 heavy (non-hydrogen) atoms. The van der Waals surface area contributed by atoms with E-state index in [1.165, 1.54) is 321 Å². The summed E-state index contributed by atoms with van der Waals surface area (Å²) >= 11 is 0. The SMILES string of the molecule is CCCCCCCCCCCCCCCC/C=C/CC/C=C/C(O)C(CO)NC(=O)CCCCCCCCCCCCCCCCCCCCCCCCCCCCCCCCCCCCCCCC. The molecule has 0 rings (SSSR count). The first-order valence-corrected chi connectivity index (χ1v) is 32.6. The van der Waals surface area contributed by atoms with Gasteiger partial charge in [-0.1, -0.05) is 359 Å². The second kappa shape index (κ2) is 62.2. The van der Waals surface area contributed by atoms with Gasteiger partial charge in [0.05, 0.1) is 18.8 Å². The highest BCUT2D eigenvalue weighted by molar-refractivity contribution is 5.76. The van der Waals surface area contributed by atoms with Gasteiger partial charge in [-0.15, -0.1) is 0 Å². The summed E-state index contributed by atoms with van der Waals surface area (Å²) in [6.45, 7) is 4.34. The summed E-state index contributed by atoms with van der Waals surface area (Å²) in [6.07, 6.45) is 84.0. The molecule has 2 atom stereocenters. The normalized spacial score (nSPS) is 12.8. The number of carbonyl (C=O) groups excluding carboxylic acids is 1. The average Bonchev–Trinajstić information content (AvgIpc) is 3.36. The topological polar surface area (TPSA) is 69.6 Å². The van der Waals surface area contributed by atoms with E-state index in [2.05, 4.69) is 31.3 Å². The maximum absolute atomic E-state index is 12.5. The Labute approximate surface area is 440 Å². The number of carbonyl (C=O) groups is 1. The van der Waals surface area contributed by atoms with E-state index in [0.717, 1.165) is 32.1 Å². The third-order valence-corrected chi connectivity index (χ3v) is 15.4. The fraction of sp³-hybridized carbons (Fsp3) is 0.924. The van der Waals surface area contributed by atoms with Gasteiger partial charge >= 0.3 is 0 Å². The number of nitrogens with one attached hydrogen (secondary N) is 1. The Kier molecular flexibility index (Phi) is 61.2. The van der Waals surface area contributed by atoms with Gasteiger partial charge in [-0.05, 0) is 32.1 Å². The lowest BCUT2D eigenvalue weighted by Gasteiger charge is -2.19. The van der Waals surface area contributed by atoms with Gasteiger partial charge < -0.3 is 15.5 Å². The zero-order chi connectivity index (χ0) is 50.6. The van der Waals surface area contributed by atoms with Gasteiger partial charge in [0.2, 0.25) is 5.91 Å². The van der Waals surface area contributed by atoms with E-state index in [1.54, 1.807) is 6.08 Å². The van der Waals surface area contributed by atoms with Gasteiger partial charge in [0, 0.05) is 6.42 Å². The zero-order valence-electron chi connectivity index (χ0n) is 48.1. The van der Waals surface area contributed by atoms with Crippen molar-refractivity contribution in [1.29, 1.82) is 0 Å². The summed E-state index contributed by atoms with van der Waals surface area (Å²) in [5, 5.41) is 23.2. The van der Waals surface area contributed by atoms with Crippen LogP contribution in [0, 0.1) is 0 Å². The fourth-order valence-electron chi connectivity index (χ4n) is 10.5. The average molecular weight is 985 g/mol. The van der Waals surface area contributed by atoms with Crippen LogP contribution >= 0.6 is 0 Å². The van der Waals surface area contributed by atoms with Gasteiger partial charge in [-0.25, -0.2) is 0 Å². The number of hydrogen-bond donors (Lipinski definition) is 3. The molecular formula is C66H129NO3. The second-order valence-corrected chi connectivity index (χ2v) is 22.5. The minimum atomic E-state index is -0.860. The molecule has 4 heteroatoms. The summed E-state index contributed by atoms with van der Waals surface area (Å²) in [4.78, 5) is 12.5. The highest BCUT2D eigenvalue weighted by Crippen LogP contribution is 2.19. The highest BCUT2D eigenvalue weighted by Gasteiger charge is 2.18. The van der Waals surface area contributed by atoms with Crippen LogP contribution < -0.4 is 5.32 Å². The number of allylic oxidation sites excluding steroid dienone is 3. The summed E-state index contributed by atoms with van der Waals surface area (Å²) in [5.41, 5.74) is 0. The first-order chi connectivity index (χ1) is 34.7. The van der Waals surface area contributed by atoms with Crippen molar-refractivity contribution in [3.63, 3.8) is 0 Å². The van der Waals surface area contributed by atoms with Gasteiger partial charge in [-0.2, -0.15) is 0 Å². The van der Waals surface area contributed by atoms with Crippen LogP contribution in [0.5, 0.6) is 0 Å². The summed E-state index contributed by atoms with van der Waals surface area (Å²) in [5.74, 6) is -0.0654. The predicted molar refractivity (Wildman–Crippen MR) is 313 cm³/mol. The second-order valence-electron chi connectivity index (χ2n) is 22.5. The third kappa shape index (κ3) is 57.8. The minimum absolute atomic E-state index is 0.0654. The monoisotopic (exact) mass is 984 g/mol. The Morgan fingerprint density at radius 2 is 0.557 bits per heavy atom. The first-order valence-electron chi connectivity index (χ1n) is 32.6. The Morgan fingerprint density at radius 1 is 0.329 bits per heavy atom. The van der Waals surface area contributed by atoms with Gasteiger partial charge in [0.25, 0.3) is 0 Å². The van der Waals surface area contributed by atoms with E-state index in [0.29, 0.717) is 6.42 Å². The fourth-order valence-corrected chi connectivity index (χ4v) is 10.5. The highest BCUT2D eigenvalue weighted by atomic mass is 16.3. The van der Waals surface area contributed by atoms with Crippen LogP contribution in [0.3, 0.4) is 0 Å². The van der Waals surface area contributed by atoms with Crippen LogP contribution in [0.2, 0.25) is 0 Å². The lowest BCUT2D eigenvalue weighted by Crippen LogP contribution is -2.45. The van der Waals surface area contributed by atoms with E-state index in [9.17, 15) is 15.0 Å². The molecule has 1 amide bonds. The number of unbranched alkanes of at least 4 members (excludes halogenated alkanes) is 52. The summed E-state index contributed by atoms with van der Waals surface area (Å²) < 4.78 is 0. The maximum Gasteiger partial charge on any atom is 0.220 e. The number of aliphatic hydroxyl groups is 2. The van der Waals surface area contributed by atoms with Crippen LogP contribution in [0.1, 0.15) is 373 Å². The Bertz CT molecular complexity index is 1020. The molecule has 0 aliphatic heterocycles. The van der Waals surface area contributed by atoms with Crippen molar-refractivity contribution in [1.82, 2.24) is 5.32 Å². The van der Waals surface area contributed by atoms with E-state index < -0.39 is 12.1 Å². The molecule has 0 aliphatic carbocycles. The molecule has 0 aliphatic rings. The molecule has 0 fully saturated rings. The van der Waals surface area contributed by atoms with Crippen molar-refractivity contribution < 1.29 is 15.0 Å². The quantitative estimate of drug-likeness (QED) is 0.0420. The van der Waals surface area contributed by atoms with Crippen molar-refractivity contribution in [2.75, 3.05) is 6.61 Å². The molecule has 0 aromatic carbocycles. The lowest BCUT2D eigenvalue weighted by atomic mass is 10.0. The predicted octanol–water partition coefficient (Wildman–Crippen LogP) is 21.8. The molecule has 0 aromatic rings. The number of aliphatic hydroxyl groups excluding tert-OH is 2. The molecular weight excluding hydrogens is 855 g/mol. The van der Waals surface area contributed by atoms with Crippen molar-refractivity contribution in [3.05, 3.63) is 24.3 Å². The van der Waals surface area contributed by atoms with Crippen molar-refractivity contribution in [2.24, 2.45) is 0 Å². The molecule has 0 spiro atoms. The molecule has 3 N–H and O–H groups in total. The van der Waals surface area contributed by atoms with Crippen molar-refractivity contribution in [2.45, 2.75) is 386 Å². The minimum Gasteiger partial charge on any atom is -0.394 e. The van der Waals surface area contributed by atoms with E-state index >= 15 is 0 Å². The van der Waals surface area contributed by atoms with Crippen molar-refractivity contribution in [3.8, 4) is 0 Å². The molecule has 0 saturated heterocycles. The molecule has 0 heterocycles. The van der Waals surface area contributed by atoms with Crippen LogP contribution in [-0.4, -0.2) is 34.9 Å².